The minimum Gasteiger partial charge on any atom is -0.497 e. The summed E-state index contributed by atoms with van der Waals surface area (Å²) in [5.74, 6) is 3.42. The van der Waals surface area contributed by atoms with Crippen molar-refractivity contribution in [3.8, 4) is 23.0 Å². The van der Waals surface area contributed by atoms with E-state index in [0.29, 0.717) is 6.61 Å². The molecule has 0 saturated heterocycles. The first kappa shape index (κ1) is 15.5. The zero-order valence-electron chi connectivity index (χ0n) is 14.0. The van der Waals surface area contributed by atoms with Crippen LogP contribution in [-0.4, -0.2) is 20.5 Å². The van der Waals surface area contributed by atoms with Crippen molar-refractivity contribution in [3.05, 3.63) is 47.0 Å². The number of methoxy groups -OCH3 is 1. The smallest absolute Gasteiger partial charge is 0.231 e. The fourth-order valence-corrected chi connectivity index (χ4v) is 2.99. The third kappa shape index (κ3) is 2.93. The van der Waals surface area contributed by atoms with Crippen LogP contribution in [-0.2, 0) is 0 Å². The molecule has 4 nitrogen and oxygen atoms in total. The molecular weight excluding hydrogens is 292 g/mol. The summed E-state index contributed by atoms with van der Waals surface area (Å²) < 4.78 is 22.1. The first-order valence-corrected chi connectivity index (χ1v) is 7.85. The molecule has 4 heteroatoms. The summed E-state index contributed by atoms with van der Waals surface area (Å²) in [6.07, 6.45) is 0. The van der Waals surface area contributed by atoms with E-state index >= 15 is 0 Å². The van der Waals surface area contributed by atoms with Gasteiger partial charge in [0.1, 0.15) is 11.5 Å². The summed E-state index contributed by atoms with van der Waals surface area (Å²) in [6.45, 7) is 7.13. The average molecular weight is 314 g/mol. The molecule has 0 spiro atoms. The van der Waals surface area contributed by atoms with Gasteiger partial charge in [0.05, 0.1) is 13.7 Å². The van der Waals surface area contributed by atoms with Gasteiger partial charge in [0.15, 0.2) is 11.5 Å². The van der Waals surface area contributed by atoms with Crippen LogP contribution >= 0.6 is 0 Å². The molecule has 1 aliphatic rings. The van der Waals surface area contributed by atoms with Crippen molar-refractivity contribution in [2.75, 3.05) is 20.5 Å². The Labute approximate surface area is 136 Å². The summed E-state index contributed by atoms with van der Waals surface area (Å²) in [5.41, 5.74) is 3.53. The third-order valence-electron chi connectivity index (χ3n) is 4.21. The quantitative estimate of drug-likeness (QED) is 0.825. The minimum absolute atomic E-state index is 0.178. The van der Waals surface area contributed by atoms with Crippen LogP contribution in [0.25, 0.3) is 0 Å². The van der Waals surface area contributed by atoms with Gasteiger partial charge in [0, 0.05) is 17.5 Å². The highest BCUT2D eigenvalue weighted by molar-refractivity contribution is 5.55. The van der Waals surface area contributed by atoms with Crippen molar-refractivity contribution >= 4 is 0 Å². The number of rotatable bonds is 5. The molecule has 2 aromatic carbocycles. The van der Waals surface area contributed by atoms with Gasteiger partial charge in [-0.15, -0.1) is 0 Å². The van der Waals surface area contributed by atoms with Crippen molar-refractivity contribution in [1.82, 2.24) is 0 Å². The summed E-state index contributed by atoms with van der Waals surface area (Å²) in [6, 6.07) is 10.1. The predicted octanol–water partition coefficient (Wildman–Crippen LogP) is 4.28. The second kappa shape index (κ2) is 6.41. The molecule has 0 saturated carbocycles. The average Bonchev–Trinajstić information content (AvgIpc) is 3.01. The number of ether oxygens (including phenoxy) is 4. The summed E-state index contributed by atoms with van der Waals surface area (Å²) in [7, 11) is 1.68. The van der Waals surface area contributed by atoms with Gasteiger partial charge in [0.25, 0.3) is 0 Å². The van der Waals surface area contributed by atoms with Crippen LogP contribution in [0.3, 0.4) is 0 Å². The molecule has 0 fully saturated rings. The standard InChI is InChI=1S/C19H22O4/c1-5-21-17-10-19-18(22-11-23-19)9-16(17)13(3)15-7-6-14(20-4)8-12(15)2/h6-10,13H,5,11H2,1-4H3. The molecule has 23 heavy (non-hydrogen) atoms. The molecule has 1 unspecified atom stereocenters. The number of benzene rings is 2. The molecule has 1 aliphatic heterocycles. The van der Waals surface area contributed by atoms with Crippen LogP contribution in [0.1, 0.15) is 36.5 Å². The highest BCUT2D eigenvalue weighted by Crippen LogP contribution is 2.43. The lowest BCUT2D eigenvalue weighted by Gasteiger charge is -2.20. The zero-order chi connectivity index (χ0) is 16.4. The van der Waals surface area contributed by atoms with E-state index in [2.05, 4.69) is 26.0 Å². The lowest BCUT2D eigenvalue weighted by Crippen LogP contribution is -2.04. The number of fused-ring (bicyclic) bond motifs is 1. The Morgan fingerprint density at radius 1 is 1.09 bits per heavy atom. The fourth-order valence-electron chi connectivity index (χ4n) is 2.99. The summed E-state index contributed by atoms with van der Waals surface area (Å²) in [4.78, 5) is 0. The summed E-state index contributed by atoms with van der Waals surface area (Å²) in [5, 5.41) is 0. The molecule has 0 aliphatic carbocycles. The number of aryl methyl sites for hydroxylation is 1. The van der Waals surface area contributed by atoms with Gasteiger partial charge in [0.2, 0.25) is 6.79 Å². The van der Waals surface area contributed by atoms with Crippen molar-refractivity contribution < 1.29 is 18.9 Å². The Balaban J connectivity index is 2.03. The van der Waals surface area contributed by atoms with Crippen LogP contribution in [0.4, 0.5) is 0 Å². The Bertz CT molecular complexity index is 709. The second-order valence-corrected chi connectivity index (χ2v) is 5.62. The van der Waals surface area contributed by atoms with E-state index in [4.69, 9.17) is 18.9 Å². The maximum Gasteiger partial charge on any atom is 0.231 e. The molecule has 0 aromatic heterocycles. The van der Waals surface area contributed by atoms with Crippen LogP contribution in [0, 0.1) is 6.92 Å². The SMILES string of the molecule is CCOc1cc2c(cc1C(C)c1ccc(OC)cc1C)OCO2. The van der Waals surface area contributed by atoms with Crippen molar-refractivity contribution in [2.24, 2.45) is 0 Å². The Morgan fingerprint density at radius 3 is 2.48 bits per heavy atom. The van der Waals surface area contributed by atoms with E-state index in [1.165, 1.54) is 11.1 Å². The Morgan fingerprint density at radius 2 is 1.83 bits per heavy atom. The topological polar surface area (TPSA) is 36.9 Å². The minimum atomic E-state index is 0.178. The zero-order valence-corrected chi connectivity index (χ0v) is 14.0. The highest BCUT2D eigenvalue weighted by Gasteiger charge is 2.22. The van der Waals surface area contributed by atoms with Crippen molar-refractivity contribution in [2.45, 2.75) is 26.7 Å². The monoisotopic (exact) mass is 314 g/mol. The van der Waals surface area contributed by atoms with E-state index in [1.807, 2.05) is 25.1 Å². The molecule has 0 radical (unpaired) electrons. The first-order valence-electron chi connectivity index (χ1n) is 7.85. The van der Waals surface area contributed by atoms with E-state index in [9.17, 15) is 0 Å². The Hall–Kier alpha value is -2.36. The van der Waals surface area contributed by atoms with E-state index in [1.54, 1.807) is 7.11 Å². The largest absolute Gasteiger partial charge is 0.497 e. The van der Waals surface area contributed by atoms with Gasteiger partial charge in [-0.1, -0.05) is 13.0 Å². The van der Waals surface area contributed by atoms with E-state index in [0.717, 1.165) is 28.6 Å². The van der Waals surface area contributed by atoms with Gasteiger partial charge < -0.3 is 18.9 Å². The maximum atomic E-state index is 5.83. The second-order valence-electron chi connectivity index (χ2n) is 5.62. The normalized spacial score (nSPS) is 13.7. The van der Waals surface area contributed by atoms with Crippen LogP contribution in [0.15, 0.2) is 30.3 Å². The highest BCUT2D eigenvalue weighted by atomic mass is 16.7. The molecule has 1 atom stereocenters. The molecule has 1 heterocycles. The van der Waals surface area contributed by atoms with Gasteiger partial charge in [-0.05, 0) is 43.2 Å². The van der Waals surface area contributed by atoms with Crippen molar-refractivity contribution in [1.29, 1.82) is 0 Å². The third-order valence-corrected chi connectivity index (χ3v) is 4.21. The van der Waals surface area contributed by atoms with E-state index in [-0.39, 0.29) is 12.7 Å². The van der Waals surface area contributed by atoms with Gasteiger partial charge in [-0.2, -0.15) is 0 Å². The maximum absolute atomic E-state index is 5.83. The fraction of sp³-hybridized carbons (Fsp3) is 0.368. The summed E-state index contributed by atoms with van der Waals surface area (Å²) >= 11 is 0. The van der Waals surface area contributed by atoms with Crippen LogP contribution in [0.5, 0.6) is 23.0 Å². The van der Waals surface area contributed by atoms with Gasteiger partial charge in [-0.25, -0.2) is 0 Å². The lowest BCUT2D eigenvalue weighted by molar-refractivity contribution is 0.173. The van der Waals surface area contributed by atoms with Gasteiger partial charge >= 0.3 is 0 Å². The molecule has 0 N–H and O–H groups in total. The van der Waals surface area contributed by atoms with Crippen molar-refractivity contribution in [3.63, 3.8) is 0 Å². The Kier molecular flexibility index (Phi) is 4.33. The van der Waals surface area contributed by atoms with E-state index < -0.39 is 0 Å². The van der Waals surface area contributed by atoms with Crippen LogP contribution < -0.4 is 18.9 Å². The van der Waals surface area contributed by atoms with Crippen LogP contribution in [0.2, 0.25) is 0 Å². The molecule has 122 valence electrons. The van der Waals surface area contributed by atoms with Gasteiger partial charge in [-0.3, -0.25) is 0 Å². The number of hydrogen-bond donors (Lipinski definition) is 0. The molecule has 0 bridgehead atoms. The number of hydrogen-bond acceptors (Lipinski definition) is 4. The molecule has 2 aromatic rings. The molecular formula is C19H22O4. The molecule has 3 rings (SSSR count). The molecule has 0 amide bonds. The first-order chi connectivity index (χ1) is 11.1. The predicted molar refractivity (Wildman–Crippen MR) is 89.0 cm³/mol. The lowest BCUT2D eigenvalue weighted by atomic mass is 9.89.